The van der Waals surface area contributed by atoms with Crippen LogP contribution in [0.1, 0.15) is 89.9 Å². The molecule has 180 valence electrons. The summed E-state index contributed by atoms with van der Waals surface area (Å²) in [6, 6.07) is 0. The lowest BCUT2D eigenvalue weighted by atomic mass is 9.63. The van der Waals surface area contributed by atoms with Crippen LogP contribution < -0.4 is 0 Å². The zero-order valence-corrected chi connectivity index (χ0v) is 21.2. The minimum atomic E-state index is 0.784. The first-order valence-corrected chi connectivity index (χ1v) is 14.4. The molecule has 0 spiro atoms. The Balaban J connectivity index is 1.36. The maximum absolute atomic E-state index is 2.95. The van der Waals surface area contributed by atoms with E-state index < -0.39 is 0 Å². The van der Waals surface area contributed by atoms with Crippen molar-refractivity contribution in [2.45, 2.75) is 89.9 Å². The smallest absolute Gasteiger partial charge is 0.0199 e. The first kappa shape index (κ1) is 23.2. The molecule has 5 rings (SSSR count). The molecule has 0 amide bonds. The van der Waals surface area contributed by atoms with E-state index in [9.17, 15) is 0 Å². The minimum absolute atomic E-state index is 0.784. The summed E-state index contributed by atoms with van der Waals surface area (Å²) in [6.07, 6.45) is 25.7. The molecule has 0 aromatic rings. The van der Waals surface area contributed by atoms with Gasteiger partial charge in [0.15, 0.2) is 0 Å². The van der Waals surface area contributed by atoms with E-state index in [1.165, 1.54) is 116 Å². The van der Waals surface area contributed by atoms with Gasteiger partial charge in [-0.15, -0.1) is 0 Å². The summed E-state index contributed by atoms with van der Waals surface area (Å²) in [5.74, 6) is 5.74. The third-order valence-corrected chi connectivity index (χ3v) is 10.2. The highest BCUT2D eigenvalue weighted by molar-refractivity contribution is 5.31. The fourth-order valence-electron chi connectivity index (χ4n) is 8.60. The van der Waals surface area contributed by atoms with E-state index >= 15 is 0 Å². The van der Waals surface area contributed by atoms with E-state index in [-0.39, 0.29) is 0 Å². The Morgan fingerprint density at radius 2 is 1.62 bits per heavy atom. The van der Waals surface area contributed by atoms with Gasteiger partial charge in [-0.1, -0.05) is 68.2 Å². The average Bonchev–Trinajstić information content (AvgIpc) is 2.82. The van der Waals surface area contributed by atoms with E-state index in [0.29, 0.717) is 0 Å². The summed E-state index contributed by atoms with van der Waals surface area (Å²) in [6.45, 7) is 5.14. The van der Waals surface area contributed by atoms with Crippen molar-refractivity contribution in [3.63, 3.8) is 0 Å². The van der Waals surface area contributed by atoms with Gasteiger partial charge in [-0.25, -0.2) is 0 Å². The quantitative estimate of drug-likeness (QED) is 0.398. The molecule has 0 bridgehead atoms. The van der Waals surface area contributed by atoms with E-state index in [4.69, 9.17) is 0 Å². The van der Waals surface area contributed by atoms with Crippen molar-refractivity contribution in [3.8, 4) is 0 Å². The summed E-state index contributed by atoms with van der Waals surface area (Å²) in [7, 11) is 4.52. The Morgan fingerprint density at radius 1 is 0.844 bits per heavy atom. The topological polar surface area (TPSA) is 6.48 Å². The molecule has 5 aliphatic carbocycles. The highest BCUT2D eigenvalue weighted by atomic mass is 15.2. The van der Waals surface area contributed by atoms with Gasteiger partial charge in [0.1, 0.15) is 0 Å². The van der Waals surface area contributed by atoms with Crippen molar-refractivity contribution in [1.29, 1.82) is 0 Å². The number of fused-ring (bicyclic) bond motifs is 3. The van der Waals surface area contributed by atoms with Crippen LogP contribution in [0.5, 0.6) is 0 Å². The largest absolute Gasteiger partial charge is 0.308 e. The molecule has 2 nitrogen and oxygen atoms in total. The molecule has 3 saturated carbocycles. The van der Waals surface area contributed by atoms with Crippen molar-refractivity contribution in [3.05, 3.63) is 23.3 Å². The lowest BCUT2D eigenvalue weighted by Crippen LogP contribution is -2.44. The highest BCUT2D eigenvalue weighted by Gasteiger charge is 2.39. The molecular weight excluding hydrogens is 388 g/mol. The van der Waals surface area contributed by atoms with Gasteiger partial charge in [0.25, 0.3) is 0 Å². The standard InChI is InChI=1S/C30H50N2/c1-31(2)18-19-32(21-26-14-9-13-23-10-3-6-15-27(23)26)22-30-28-16-7-4-11-24(28)20-25-12-5-8-17-29(25)30/h4,11,23-27,29H,3,5-10,12-22H2,1-2H3. The van der Waals surface area contributed by atoms with E-state index in [2.05, 4.69) is 36.0 Å². The summed E-state index contributed by atoms with van der Waals surface area (Å²) in [5.41, 5.74) is 3.83. The molecule has 3 fully saturated rings. The fourth-order valence-corrected chi connectivity index (χ4v) is 8.60. The molecule has 0 N–H and O–H groups in total. The predicted molar refractivity (Wildman–Crippen MR) is 137 cm³/mol. The zero-order chi connectivity index (χ0) is 21.9. The van der Waals surface area contributed by atoms with Crippen molar-refractivity contribution in [2.24, 2.45) is 35.5 Å². The number of hydrogen-bond donors (Lipinski definition) is 0. The molecule has 0 aromatic carbocycles. The van der Waals surface area contributed by atoms with Crippen LogP contribution in [0.3, 0.4) is 0 Å². The first-order valence-electron chi connectivity index (χ1n) is 14.4. The van der Waals surface area contributed by atoms with Gasteiger partial charge in [-0.05, 0) is 94.5 Å². The van der Waals surface area contributed by atoms with E-state index in [1.54, 1.807) is 0 Å². The molecule has 6 unspecified atom stereocenters. The third kappa shape index (κ3) is 5.22. The minimum Gasteiger partial charge on any atom is -0.308 e. The van der Waals surface area contributed by atoms with Crippen molar-refractivity contribution >= 4 is 0 Å². The zero-order valence-electron chi connectivity index (χ0n) is 21.2. The Kier molecular flexibility index (Phi) is 7.79. The molecule has 0 aliphatic heterocycles. The number of rotatable bonds is 7. The Bertz CT molecular complexity index is 674. The first-order chi connectivity index (χ1) is 15.7. The summed E-state index contributed by atoms with van der Waals surface area (Å²) in [4.78, 5) is 5.36. The molecule has 32 heavy (non-hydrogen) atoms. The second kappa shape index (κ2) is 10.8. The van der Waals surface area contributed by atoms with Crippen LogP contribution in [-0.4, -0.2) is 50.1 Å². The second-order valence-corrected chi connectivity index (χ2v) is 12.4. The molecule has 6 atom stereocenters. The molecule has 2 heteroatoms. The number of allylic oxidation sites excluding steroid dienone is 3. The Morgan fingerprint density at radius 3 is 2.50 bits per heavy atom. The van der Waals surface area contributed by atoms with Gasteiger partial charge in [-0.3, -0.25) is 4.90 Å². The normalized spacial score (nSPS) is 37.4. The van der Waals surface area contributed by atoms with Crippen LogP contribution >= 0.6 is 0 Å². The van der Waals surface area contributed by atoms with Crippen molar-refractivity contribution in [1.82, 2.24) is 9.80 Å². The SMILES string of the molecule is CN(C)CCN(CC1=C2CCC=CC2CC2CCCCC12)CC1CCCC2CCCCC21. The fraction of sp³-hybridized carbons (Fsp3) is 0.867. The highest BCUT2D eigenvalue weighted by Crippen LogP contribution is 2.49. The van der Waals surface area contributed by atoms with Crippen LogP contribution in [0.4, 0.5) is 0 Å². The predicted octanol–water partition coefficient (Wildman–Crippen LogP) is 6.93. The van der Waals surface area contributed by atoms with Crippen LogP contribution in [0.25, 0.3) is 0 Å². The van der Waals surface area contributed by atoms with Gasteiger partial charge in [0.05, 0.1) is 0 Å². The van der Waals surface area contributed by atoms with Crippen LogP contribution in [0.2, 0.25) is 0 Å². The van der Waals surface area contributed by atoms with Gasteiger partial charge in [0, 0.05) is 26.2 Å². The lowest BCUT2D eigenvalue weighted by molar-refractivity contribution is 0.0708. The maximum atomic E-state index is 2.95. The van der Waals surface area contributed by atoms with Crippen molar-refractivity contribution in [2.75, 3.05) is 40.3 Å². The summed E-state index contributed by atoms with van der Waals surface area (Å²) < 4.78 is 0. The molecule has 0 aromatic heterocycles. The monoisotopic (exact) mass is 438 g/mol. The average molecular weight is 439 g/mol. The maximum Gasteiger partial charge on any atom is 0.0199 e. The van der Waals surface area contributed by atoms with Gasteiger partial charge >= 0.3 is 0 Å². The summed E-state index contributed by atoms with van der Waals surface area (Å²) >= 11 is 0. The molecule has 0 saturated heterocycles. The third-order valence-electron chi connectivity index (χ3n) is 10.2. The van der Waals surface area contributed by atoms with Crippen LogP contribution in [-0.2, 0) is 0 Å². The van der Waals surface area contributed by atoms with Crippen molar-refractivity contribution < 1.29 is 0 Å². The number of hydrogen-bond acceptors (Lipinski definition) is 2. The Hall–Kier alpha value is -0.600. The summed E-state index contributed by atoms with van der Waals surface area (Å²) in [5, 5.41) is 0. The van der Waals surface area contributed by atoms with Crippen LogP contribution in [0, 0.1) is 35.5 Å². The molecule has 0 radical (unpaired) electrons. The van der Waals surface area contributed by atoms with Crippen LogP contribution in [0.15, 0.2) is 23.3 Å². The molecule has 0 heterocycles. The Labute approximate surface area is 198 Å². The van der Waals surface area contributed by atoms with E-state index in [0.717, 1.165) is 35.5 Å². The van der Waals surface area contributed by atoms with Gasteiger partial charge in [-0.2, -0.15) is 0 Å². The van der Waals surface area contributed by atoms with Gasteiger partial charge < -0.3 is 4.90 Å². The van der Waals surface area contributed by atoms with E-state index in [1.807, 2.05) is 11.1 Å². The molecular formula is C30H50N2. The number of nitrogens with zero attached hydrogens (tertiary/aromatic N) is 2. The lowest BCUT2D eigenvalue weighted by Gasteiger charge is -2.46. The van der Waals surface area contributed by atoms with Gasteiger partial charge in [0.2, 0.25) is 0 Å². The molecule has 5 aliphatic rings. The second-order valence-electron chi connectivity index (χ2n) is 12.4. The number of likely N-dealkylation sites (N-methyl/N-ethyl adjacent to an activating group) is 1.